The number of nitrogens with one attached hydrogen (secondary N) is 1. The van der Waals surface area contributed by atoms with Gasteiger partial charge in [0.1, 0.15) is 0 Å². The van der Waals surface area contributed by atoms with Gasteiger partial charge in [-0.15, -0.1) is 0 Å². The molecule has 2 heterocycles. The smallest absolute Gasteiger partial charge is 0.243 e. The minimum Gasteiger partial charge on any atom is -0.367 e. The second-order valence-electron chi connectivity index (χ2n) is 8.58. The molecule has 1 atom stereocenters. The summed E-state index contributed by atoms with van der Waals surface area (Å²) in [6.07, 6.45) is 1.31. The molecule has 33 heavy (non-hydrogen) atoms. The largest absolute Gasteiger partial charge is 0.367 e. The first kappa shape index (κ1) is 24.0. The van der Waals surface area contributed by atoms with Crippen molar-refractivity contribution in [2.45, 2.75) is 24.7 Å². The van der Waals surface area contributed by atoms with Crippen LogP contribution in [0, 0.1) is 5.92 Å². The van der Waals surface area contributed by atoms with Crippen molar-refractivity contribution in [3.63, 3.8) is 0 Å². The number of nitrogens with zero attached hydrogens (tertiary/aromatic N) is 3. The van der Waals surface area contributed by atoms with Crippen molar-refractivity contribution >= 4 is 38.9 Å². The summed E-state index contributed by atoms with van der Waals surface area (Å²) in [5.74, 6) is -0.531. The second kappa shape index (κ2) is 10.4. The Morgan fingerprint density at radius 2 is 1.73 bits per heavy atom. The van der Waals surface area contributed by atoms with E-state index in [1.165, 1.54) is 16.4 Å². The minimum atomic E-state index is -3.67. The van der Waals surface area contributed by atoms with E-state index in [1.54, 1.807) is 12.1 Å². The first-order valence-electron chi connectivity index (χ1n) is 11.5. The molecular weight excluding hydrogens is 460 g/mol. The van der Waals surface area contributed by atoms with E-state index < -0.39 is 15.9 Å². The fourth-order valence-electron chi connectivity index (χ4n) is 4.53. The molecule has 0 aliphatic carbocycles. The van der Waals surface area contributed by atoms with Crippen LogP contribution in [0.2, 0.25) is 5.02 Å². The average molecular weight is 491 g/mol. The maximum absolute atomic E-state index is 13.2. The molecule has 1 unspecified atom stereocenters. The molecule has 9 heteroatoms. The molecule has 2 saturated heterocycles. The Balaban J connectivity index is 1.44. The Morgan fingerprint density at radius 1 is 1.03 bits per heavy atom. The molecule has 2 fully saturated rings. The van der Waals surface area contributed by atoms with Crippen LogP contribution < -0.4 is 10.2 Å². The Labute approximate surface area is 201 Å². The number of hydrogen-bond donors (Lipinski definition) is 1. The number of anilines is 2. The van der Waals surface area contributed by atoms with Crippen molar-refractivity contribution in [1.82, 2.24) is 9.21 Å². The van der Waals surface area contributed by atoms with Gasteiger partial charge < -0.3 is 15.1 Å². The van der Waals surface area contributed by atoms with Gasteiger partial charge in [0.05, 0.1) is 22.2 Å². The van der Waals surface area contributed by atoms with Gasteiger partial charge in [0, 0.05) is 44.3 Å². The molecule has 0 radical (unpaired) electrons. The number of sulfonamides is 1. The molecule has 2 aromatic carbocycles. The third-order valence-corrected chi connectivity index (χ3v) is 8.66. The number of amides is 1. The third kappa shape index (κ3) is 5.51. The van der Waals surface area contributed by atoms with Crippen LogP contribution >= 0.6 is 11.6 Å². The first-order chi connectivity index (χ1) is 15.9. The number of para-hydroxylation sites is 2. The van der Waals surface area contributed by atoms with Gasteiger partial charge in [0.2, 0.25) is 15.9 Å². The molecule has 1 amide bonds. The van der Waals surface area contributed by atoms with Gasteiger partial charge in [-0.3, -0.25) is 4.79 Å². The Morgan fingerprint density at radius 3 is 2.42 bits per heavy atom. The number of hydrogen-bond acceptors (Lipinski definition) is 5. The van der Waals surface area contributed by atoms with Gasteiger partial charge in [-0.25, -0.2) is 8.42 Å². The number of piperidine rings is 1. The van der Waals surface area contributed by atoms with Crippen molar-refractivity contribution in [1.29, 1.82) is 0 Å². The summed E-state index contributed by atoms with van der Waals surface area (Å²) in [5, 5.41) is 3.57. The van der Waals surface area contributed by atoms with E-state index in [0.717, 1.165) is 44.1 Å². The van der Waals surface area contributed by atoms with E-state index >= 15 is 0 Å². The van der Waals surface area contributed by atoms with E-state index in [1.807, 2.05) is 24.3 Å². The SMILES string of the molecule is CCN1CCN(c2ccccc2NC(=O)C2CCCN(S(=O)(=O)c3ccc(Cl)cc3)C2)CC1. The zero-order valence-electron chi connectivity index (χ0n) is 18.9. The number of halogens is 1. The molecule has 0 bridgehead atoms. The number of carbonyl (C=O) groups is 1. The zero-order valence-corrected chi connectivity index (χ0v) is 20.5. The Bertz CT molecular complexity index is 1070. The van der Waals surface area contributed by atoms with Crippen LogP contribution in [0.5, 0.6) is 0 Å². The Kier molecular flexibility index (Phi) is 7.58. The molecule has 4 rings (SSSR count). The van der Waals surface area contributed by atoms with Crippen molar-refractivity contribution in [3.8, 4) is 0 Å². The van der Waals surface area contributed by atoms with Crippen LogP contribution in [0.3, 0.4) is 0 Å². The lowest BCUT2D eigenvalue weighted by molar-refractivity contribution is -0.120. The molecular formula is C24H31ClN4O3S. The highest BCUT2D eigenvalue weighted by molar-refractivity contribution is 7.89. The van der Waals surface area contributed by atoms with Crippen LogP contribution in [0.4, 0.5) is 11.4 Å². The number of carbonyl (C=O) groups excluding carboxylic acids is 1. The van der Waals surface area contributed by atoms with Gasteiger partial charge in [-0.1, -0.05) is 30.7 Å². The lowest BCUT2D eigenvalue weighted by Crippen LogP contribution is -2.46. The average Bonchev–Trinajstić information content (AvgIpc) is 2.85. The normalized spacial score (nSPS) is 20.5. The minimum absolute atomic E-state index is 0.134. The topological polar surface area (TPSA) is 73.0 Å². The maximum Gasteiger partial charge on any atom is 0.243 e. The summed E-state index contributed by atoms with van der Waals surface area (Å²) in [6, 6.07) is 14.0. The summed E-state index contributed by atoms with van der Waals surface area (Å²) in [5.41, 5.74) is 1.80. The molecule has 2 aliphatic heterocycles. The molecule has 7 nitrogen and oxygen atoms in total. The van der Waals surface area contributed by atoms with Crippen molar-refractivity contribution in [3.05, 3.63) is 53.6 Å². The van der Waals surface area contributed by atoms with Crippen molar-refractivity contribution < 1.29 is 13.2 Å². The summed E-state index contributed by atoms with van der Waals surface area (Å²) < 4.78 is 27.6. The lowest BCUT2D eigenvalue weighted by atomic mass is 9.98. The van der Waals surface area contributed by atoms with E-state index in [-0.39, 0.29) is 17.3 Å². The second-order valence-corrected chi connectivity index (χ2v) is 11.0. The monoisotopic (exact) mass is 490 g/mol. The number of likely N-dealkylation sites (N-methyl/N-ethyl adjacent to an activating group) is 1. The number of piperazine rings is 1. The van der Waals surface area contributed by atoms with E-state index in [2.05, 4.69) is 22.0 Å². The number of benzene rings is 2. The maximum atomic E-state index is 13.2. The standard InChI is InChI=1S/C24H31ClN4O3S/c1-2-27-14-16-28(17-15-27)23-8-4-3-7-22(23)26-24(30)19-6-5-13-29(18-19)33(31,32)21-11-9-20(25)10-12-21/h3-4,7-12,19H,2,5-6,13-18H2,1H3,(H,26,30). The van der Waals surface area contributed by atoms with Crippen molar-refractivity contribution in [2.24, 2.45) is 5.92 Å². The predicted molar refractivity (Wildman–Crippen MR) is 132 cm³/mol. The van der Waals surface area contributed by atoms with Crippen LogP contribution in [0.1, 0.15) is 19.8 Å². The van der Waals surface area contributed by atoms with Crippen LogP contribution in [-0.4, -0.2) is 69.3 Å². The first-order valence-corrected chi connectivity index (χ1v) is 13.3. The summed E-state index contributed by atoms with van der Waals surface area (Å²) in [4.78, 5) is 18.1. The highest BCUT2D eigenvalue weighted by Crippen LogP contribution is 2.29. The lowest BCUT2D eigenvalue weighted by Gasteiger charge is -2.36. The summed E-state index contributed by atoms with van der Waals surface area (Å²) in [7, 11) is -3.67. The third-order valence-electron chi connectivity index (χ3n) is 6.53. The fourth-order valence-corrected chi connectivity index (χ4v) is 6.18. The van der Waals surface area contributed by atoms with Crippen LogP contribution in [0.25, 0.3) is 0 Å². The van der Waals surface area contributed by atoms with E-state index in [9.17, 15) is 13.2 Å². The fraction of sp³-hybridized carbons (Fsp3) is 0.458. The quantitative estimate of drug-likeness (QED) is 0.670. The highest BCUT2D eigenvalue weighted by atomic mass is 35.5. The van der Waals surface area contributed by atoms with Gasteiger partial charge in [0.15, 0.2) is 0 Å². The highest BCUT2D eigenvalue weighted by Gasteiger charge is 2.33. The van der Waals surface area contributed by atoms with Gasteiger partial charge in [0.25, 0.3) is 0 Å². The summed E-state index contributed by atoms with van der Waals surface area (Å²) in [6.45, 7) is 7.63. The molecule has 0 saturated carbocycles. The molecule has 1 N–H and O–H groups in total. The number of rotatable bonds is 6. The molecule has 0 spiro atoms. The Hall–Kier alpha value is -2.13. The molecule has 178 valence electrons. The van der Waals surface area contributed by atoms with E-state index in [4.69, 9.17) is 11.6 Å². The van der Waals surface area contributed by atoms with Gasteiger partial charge in [-0.05, 0) is 55.8 Å². The molecule has 2 aliphatic rings. The predicted octanol–water partition coefficient (Wildman–Crippen LogP) is 3.52. The zero-order chi connectivity index (χ0) is 23.4. The van der Waals surface area contributed by atoms with Gasteiger partial charge >= 0.3 is 0 Å². The van der Waals surface area contributed by atoms with E-state index in [0.29, 0.717) is 24.4 Å². The molecule has 2 aromatic rings. The molecule has 0 aromatic heterocycles. The van der Waals surface area contributed by atoms with Crippen molar-refractivity contribution in [2.75, 3.05) is 56.0 Å². The van der Waals surface area contributed by atoms with Crippen LogP contribution in [0.15, 0.2) is 53.4 Å². The summed E-state index contributed by atoms with van der Waals surface area (Å²) >= 11 is 5.91. The van der Waals surface area contributed by atoms with Gasteiger partial charge in [-0.2, -0.15) is 4.31 Å². The van der Waals surface area contributed by atoms with Crippen LogP contribution in [-0.2, 0) is 14.8 Å².